The van der Waals surface area contributed by atoms with Gasteiger partial charge in [0.2, 0.25) is 6.33 Å². The summed E-state index contributed by atoms with van der Waals surface area (Å²) in [6, 6.07) is 19.2. The first-order chi connectivity index (χ1) is 12.4. The van der Waals surface area contributed by atoms with Crippen LogP contribution in [0.5, 0.6) is 0 Å². The van der Waals surface area contributed by atoms with E-state index in [1.54, 1.807) is 0 Å². The highest BCUT2D eigenvalue weighted by molar-refractivity contribution is 5.71. The van der Waals surface area contributed by atoms with Crippen molar-refractivity contribution < 1.29 is 9.30 Å². The molecule has 3 nitrogen and oxygen atoms in total. The second-order valence-corrected chi connectivity index (χ2v) is 7.10. The second-order valence-electron chi connectivity index (χ2n) is 7.10. The fraction of sp³-hybridized carbons (Fsp3) is 0.409. The smallest absolute Gasteiger partial charge is 0.246 e. The average molecular weight is 335 g/mol. The Labute approximate surface area is 149 Å². The molecule has 0 spiro atoms. The van der Waals surface area contributed by atoms with E-state index in [9.17, 15) is 0 Å². The van der Waals surface area contributed by atoms with E-state index in [0.29, 0.717) is 12.8 Å². The van der Waals surface area contributed by atoms with Crippen LogP contribution in [0.1, 0.15) is 44.1 Å². The van der Waals surface area contributed by atoms with Gasteiger partial charge < -0.3 is 4.74 Å². The van der Waals surface area contributed by atoms with Crippen molar-refractivity contribution in [3.8, 4) is 0 Å². The maximum Gasteiger partial charge on any atom is 0.246 e. The van der Waals surface area contributed by atoms with Crippen molar-refractivity contribution in [1.82, 2.24) is 4.57 Å². The van der Waals surface area contributed by atoms with Crippen LogP contribution < -0.4 is 4.57 Å². The molecule has 3 aromatic rings. The molecule has 1 saturated carbocycles. The Hall–Kier alpha value is -2.13. The van der Waals surface area contributed by atoms with Gasteiger partial charge in [0, 0.05) is 0 Å². The van der Waals surface area contributed by atoms with Gasteiger partial charge in [0.1, 0.15) is 6.54 Å². The Balaban J connectivity index is 1.54. The number of fused-ring (bicyclic) bond motifs is 1. The van der Waals surface area contributed by atoms with Crippen LogP contribution in [-0.4, -0.2) is 10.7 Å². The highest BCUT2D eigenvalue weighted by atomic mass is 16.5. The van der Waals surface area contributed by atoms with E-state index >= 15 is 0 Å². The third-order valence-corrected chi connectivity index (χ3v) is 5.23. The summed E-state index contributed by atoms with van der Waals surface area (Å²) >= 11 is 0. The Morgan fingerprint density at radius 3 is 2.40 bits per heavy atom. The molecule has 0 N–H and O–H groups in total. The van der Waals surface area contributed by atoms with Crippen LogP contribution >= 0.6 is 0 Å². The number of imidazole rings is 1. The number of hydrogen-bond donors (Lipinski definition) is 0. The van der Waals surface area contributed by atoms with Gasteiger partial charge in [-0.05, 0) is 30.5 Å². The second kappa shape index (κ2) is 7.83. The van der Waals surface area contributed by atoms with E-state index < -0.39 is 0 Å². The van der Waals surface area contributed by atoms with Crippen LogP contribution in [0.25, 0.3) is 11.0 Å². The van der Waals surface area contributed by atoms with Crippen LogP contribution in [-0.2, 0) is 18.0 Å². The zero-order valence-corrected chi connectivity index (χ0v) is 14.8. The molecule has 0 amide bonds. The number of ether oxygens (including phenoxy) is 1. The van der Waals surface area contributed by atoms with E-state index in [0.717, 1.165) is 6.54 Å². The molecule has 1 fully saturated rings. The van der Waals surface area contributed by atoms with Gasteiger partial charge in [0.25, 0.3) is 0 Å². The third kappa shape index (κ3) is 3.93. The molecule has 130 valence electrons. The van der Waals surface area contributed by atoms with Crippen LogP contribution in [0, 0.1) is 0 Å². The lowest BCUT2D eigenvalue weighted by Gasteiger charge is -2.13. The molecule has 1 aliphatic rings. The molecule has 1 aliphatic carbocycles. The van der Waals surface area contributed by atoms with Gasteiger partial charge in [-0.3, -0.25) is 0 Å². The van der Waals surface area contributed by atoms with Gasteiger partial charge in [-0.2, -0.15) is 0 Å². The molecule has 25 heavy (non-hydrogen) atoms. The minimum atomic E-state index is 0.422. The first-order valence-corrected chi connectivity index (χ1v) is 9.53. The molecule has 1 heterocycles. The standard InChI is InChI=1S/C22H27N2O/c1-2-7-13-20(12-6-1)25-18-24-17-23(16-19-10-4-3-5-11-19)21-14-8-9-15-22(21)24/h3-5,8-11,14-15,17,20H,1-2,6-7,12-13,16,18H2/q+1. The van der Waals surface area contributed by atoms with Crippen LogP contribution in [0.3, 0.4) is 0 Å². The predicted octanol–water partition coefficient (Wildman–Crippen LogP) is 4.67. The molecule has 0 bridgehead atoms. The van der Waals surface area contributed by atoms with Crippen molar-refractivity contribution in [3.63, 3.8) is 0 Å². The van der Waals surface area contributed by atoms with Gasteiger partial charge >= 0.3 is 0 Å². The maximum atomic E-state index is 6.27. The Morgan fingerprint density at radius 2 is 1.60 bits per heavy atom. The number of para-hydroxylation sites is 2. The fourth-order valence-electron chi connectivity index (χ4n) is 3.85. The molecule has 1 aromatic heterocycles. The Kier molecular flexibility index (Phi) is 5.12. The zero-order chi connectivity index (χ0) is 16.9. The van der Waals surface area contributed by atoms with Crippen molar-refractivity contribution in [2.24, 2.45) is 0 Å². The highest BCUT2D eigenvalue weighted by Gasteiger charge is 2.18. The largest absolute Gasteiger partial charge is 0.338 e. The van der Waals surface area contributed by atoms with Crippen LogP contribution in [0.2, 0.25) is 0 Å². The van der Waals surface area contributed by atoms with E-state index in [2.05, 4.69) is 70.1 Å². The number of aromatic nitrogens is 2. The molecule has 3 heteroatoms. The van der Waals surface area contributed by atoms with Crippen molar-refractivity contribution in [2.75, 3.05) is 0 Å². The lowest BCUT2D eigenvalue weighted by Crippen LogP contribution is -2.32. The van der Waals surface area contributed by atoms with E-state index in [4.69, 9.17) is 4.74 Å². The normalized spacial score (nSPS) is 16.2. The molecule has 0 unspecified atom stereocenters. The summed E-state index contributed by atoms with van der Waals surface area (Å²) in [6.45, 7) is 1.53. The summed E-state index contributed by atoms with van der Waals surface area (Å²) < 4.78 is 10.8. The Bertz CT molecular complexity index is 801. The molecule has 0 radical (unpaired) electrons. The summed E-state index contributed by atoms with van der Waals surface area (Å²) in [6.07, 6.45) is 10.4. The monoisotopic (exact) mass is 335 g/mol. The SMILES string of the molecule is c1ccc(C[n+]2cn(COC3CCCCCC3)c3ccccc32)cc1. The van der Waals surface area contributed by atoms with Crippen molar-refractivity contribution in [1.29, 1.82) is 0 Å². The summed E-state index contributed by atoms with van der Waals surface area (Å²) in [7, 11) is 0. The fourth-order valence-corrected chi connectivity index (χ4v) is 3.85. The van der Waals surface area contributed by atoms with Crippen molar-refractivity contribution in [2.45, 2.75) is 57.9 Å². The average Bonchev–Trinajstić information content (AvgIpc) is 2.83. The number of benzene rings is 2. The van der Waals surface area contributed by atoms with Crippen LogP contribution in [0.4, 0.5) is 0 Å². The number of hydrogen-bond acceptors (Lipinski definition) is 1. The predicted molar refractivity (Wildman–Crippen MR) is 100 cm³/mol. The van der Waals surface area contributed by atoms with Crippen molar-refractivity contribution in [3.05, 3.63) is 66.5 Å². The van der Waals surface area contributed by atoms with Gasteiger partial charge in [0.15, 0.2) is 17.8 Å². The highest BCUT2D eigenvalue weighted by Crippen LogP contribution is 2.21. The van der Waals surface area contributed by atoms with E-state index in [1.165, 1.54) is 55.1 Å². The zero-order valence-electron chi connectivity index (χ0n) is 14.8. The lowest BCUT2D eigenvalue weighted by atomic mass is 10.2. The third-order valence-electron chi connectivity index (χ3n) is 5.23. The summed E-state index contributed by atoms with van der Waals surface area (Å²) in [5.41, 5.74) is 3.82. The first-order valence-electron chi connectivity index (χ1n) is 9.53. The van der Waals surface area contributed by atoms with Crippen molar-refractivity contribution >= 4 is 11.0 Å². The van der Waals surface area contributed by atoms with E-state index in [-0.39, 0.29) is 0 Å². The summed E-state index contributed by atoms with van der Waals surface area (Å²) in [5, 5.41) is 0. The molecule has 0 atom stereocenters. The summed E-state index contributed by atoms with van der Waals surface area (Å²) in [4.78, 5) is 0. The van der Waals surface area contributed by atoms with E-state index in [1.807, 2.05) is 0 Å². The molecule has 0 saturated heterocycles. The van der Waals surface area contributed by atoms with Gasteiger partial charge in [-0.25, -0.2) is 9.13 Å². The van der Waals surface area contributed by atoms with Gasteiger partial charge in [-0.15, -0.1) is 0 Å². The van der Waals surface area contributed by atoms with Crippen LogP contribution in [0.15, 0.2) is 60.9 Å². The van der Waals surface area contributed by atoms with Gasteiger partial charge in [-0.1, -0.05) is 68.1 Å². The molecular weight excluding hydrogens is 308 g/mol. The number of nitrogens with zero attached hydrogens (tertiary/aromatic N) is 2. The van der Waals surface area contributed by atoms with Gasteiger partial charge in [0.05, 0.1) is 6.10 Å². The minimum absolute atomic E-state index is 0.422. The molecule has 0 aliphatic heterocycles. The molecule has 2 aromatic carbocycles. The Morgan fingerprint density at radius 1 is 0.880 bits per heavy atom. The lowest BCUT2D eigenvalue weighted by molar-refractivity contribution is -0.663. The summed E-state index contributed by atoms with van der Waals surface area (Å²) in [5.74, 6) is 0. The number of rotatable bonds is 5. The molecule has 4 rings (SSSR count). The maximum absolute atomic E-state index is 6.27. The topological polar surface area (TPSA) is 18.0 Å². The quantitative estimate of drug-likeness (QED) is 0.489. The first kappa shape index (κ1) is 16.3. The minimum Gasteiger partial charge on any atom is -0.338 e. The molecular formula is C22H27N2O+.